The zero-order valence-corrected chi connectivity index (χ0v) is 13.9. The summed E-state index contributed by atoms with van der Waals surface area (Å²) in [5.41, 5.74) is 3.30. The van der Waals surface area contributed by atoms with Crippen LogP contribution >= 0.6 is 11.6 Å². The minimum absolute atomic E-state index is 0.0607. The van der Waals surface area contributed by atoms with Crippen LogP contribution in [0.3, 0.4) is 0 Å². The molecule has 0 amide bonds. The fraction of sp³-hybridized carbons (Fsp3) is 0.133. The van der Waals surface area contributed by atoms with Gasteiger partial charge in [-0.15, -0.1) is 0 Å². The summed E-state index contributed by atoms with van der Waals surface area (Å²) in [5.74, 6) is -0.107. The van der Waals surface area contributed by atoms with Crippen LogP contribution < -0.4 is 10.2 Å². The highest BCUT2D eigenvalue weighted by Crippen LogP contribution is 2.16. The first-order chi connectivity index (χ1) is 11.5. The molecule has 2 aromatic carbocycles. The van der Waals surface area contributed by atoms with Crippen LogP contribution in [-0.4, -0.2) is 21.0 Å². The van der Waals surface area contributed by atoms with E-state index in [4.69, 9.17) is 16.4 Å². The predicted molar refractivity (Wildman–Crippen MR) is 87.5 cm³/mol. The second kappa shape index (κ2) is 6.86. The van der Waals surface area contributed by atoms with Gasteiger partial charge >= 0.3 is 0 Å². The van der Waals surface area contributed by atoms with E-state index in [1.807, 2.05) is 0 Å². The Morgan fingerprint density at radius 3 is 2.62 bits per heavy atom. The molecular formula is C15H13ClFN3O3S. The molecule has 0 bridgehead atoms. The van der Waals surface area contributed by atoms with Crippen molar-refractivity contribution in [3.05, 3.63) is 64.4 Å². The van der Waals surface area contributed by atoms with E-state index >= 15 is 0 Å². The Morgan fingerprint density at radius 1 is 1.25 bits per heavy atom. The van der Waals surface area contributed by atoms with Crippen molar-refractivity contribution in [2.24, 2.45) is 4.99 Å². The Balaban J connectivity index is 1.73. The number of nitrogens with zero attached hydrogens (tertiary/aromatic N) is 1. The summed E-state index contributed by atoms with van der Waals surface area (Å²) >= 11 is 5.74. The fourth-order valence-corrected chi connectivity index (χ4v) is 3.22. The number of sulfonamides is 1. The minimum atomic E-state index is -3.75. The lowest BCUT2D eigenvalue weighted by atomic mass is 10.1. The molecule has 0 fully saturated rings. The molecule has 1 aliphatic rings. The number of amidine groups is 1. The Kier molecular flexibility index (Phi) is 4.81. The highest BCUT2D eigenvalue weighted by atomic mass is 35.5. The number of hydroxylamine groups is 1. The molecule has 0 aliphatic carbocycles. The summed E-state index contributed by atoms with van der Waals surface area (Å²) in [6, 6.07) is 10.1. The minimum Gasteiger partial charge on any atom is -0.251 e. The number of aliphatic imine (C=N–C) groups is 1. The largest absolute Gasteiger partial charge is 0.251 e. The lowest BCUT2D eigenvalue weighted by Crippen LogP contribution is -2.24. The Hall–Kier alpha value is -2.00. The van der Waals surface area contributed by atoms with Gasteiger partial charge in [-0.25, -0.2) is 28.0 Å². The first kappa shape index (κ1) is 16.8. The van der Waals surface area contributed by atoms with Crippen molar-refractivity contribution in [3.8, 4) is 0 Å². The van der Waals surface area contributed by atoms with E-state index in [2.05, 4.69) is 15.2 Å². The van der Waals surface area contributed by atoms with Crippen molar-refractivity contribution < 1.29 is 17.6 Å². The summed E-state index contributed by atoms with van der Waals surface area (Å²) in [6.45, 7) is -0.00687. The van der Waals surface area contributed by atoms with Gasteiger partial charge in [0, 0.05) is 22.7 Å². The predicted octanol–water partition coefficient (Wildman–Crippen LogP) is 2.20. The van der Waals surface area contributed by atoms with Gasteiger partial charge in [0.2, 0.25) is 10.0 Å². The number of halogens is 2. The van der Waals surface area contributed by atoms with Crippen molar-refractivity contribution in [2.45, 2.75) is 11.4 Å². The highest BCUT2D eigenvalue weighted by molar-refractivity contribution is 7.89. The van der Waals surface area contributed by atoms with Crippen LogP contribution in [0.2, 0.25) is 5.02 Å². The van der Waals surface area contributed by atoms with Gasteiger partial charge in [0.25, 0.3) is 0 Å². The topological polar surface area (TPSA) is 79.8 Å². The van der Waals surface area contributed by atoms with E-state index in [0.717, 1.165) is 0 Å². The summed E-state index contributed by atoms with van der Waals surface area (Å²) in [6.07, 6.45) is 0. The van der Waals surface area contributed by atoms with Gasteiger partial charge in [-0.1, -0.05) is 23.7 Å². The summed E-state index contributed by atoms with van der Waals surface area (Å²) < 4.78 is 40.9. The molecule has 1 heterocycles. The van der Waals surface area contributed by atoms with E-state index in [1.165, 1.54) is 36.4 Å². The quantitative estimate of drug-likeness (QED) is 0.846. The maximum atomic E-state index is 14.2. The number of hydrogen-bond acceptors (Lipinski definition) is 5. The molecule has 0 saturated heterocycles. The second-order valence-electron chi connectivity index (χ2n) is 4.97. The monoisotopic (exact) mass is 369 g/mol. The van der Waals surface area contributed by atoms with E-state index in [9.17, 15) is 12.8 Å². The van der Waals surface area contributed by atoms with Crippen LogP contribution in [0.15, 0.2) is 52.4 Å². The van der Waals surface area contributed by atoms with Gasteiger partial charge in [-0.3, -0.25) is 4.84 Å². The lowest BCUT2D eigenvalue weighted by molar-refractivity contribution is 0.115. The Bertz CT molecular complexity index is 885. The van der Waals surface area contributed by atoms with Gasteiger partial charge in [0.15, 0.2) is 12.6 Å². The summed E-state index contributed by atoms with van der Waals surface area (Å²) in [4.78, 5) is 8.92. The lowest BCUT2D eigenvalue weighted by Gasteiger charge is -2.09. The van der Waals surface area contributed by atoms with Crippen molar-refractivity contribution in [1.29, 1.82) is 0 Å². The molecule has 1 aliphatic heterocycles. The first-order valence-electron chi connectivity index (χ1n) is 6.92. The van der Waals surface area contributed by atoms with Gasteiger partial charge in [0.1, 0.15) is 5.82 Å². The third-order valence-electron chi connectivity index (χ3n) is 3.36. The third-order valence-corrected chi connectivity index (χ3v) is 5.03. The van der Waals surface area contributed by atoms with Crippen LogP contribution in [0.25, 0.3) is 0 Å². The molecule has 6 nitrogen and oxygen atoms in total. The van der Waals surface area contributed by atoms with Crippen LogP contribution in [0, 0.1) is 5.82 Å². The maximum absolute atomic E-state index is 14.2. The summed E-state index contributed by atoms with van der Waals surface area (Å²) in [7, 11) is -3.75. The molecule has 24 heavy (non-hydrogen) atoms. The van der Waals surface area contributed by atoms with Gasteiger partial charge in [-0.2, -0.15) is 0 Å². The third kappa shape index (κ3) is 3.73. The SMILES string of the molecule is O=S(=O)(NCc1ccc(C2=NCON2)cc1F)c1ccc(Cl)cc1. The van der Waals surface area contributed by atoms with E-state index in [-0.39, 0.29) is 23.7 Å². The molecule has 0 saturated carbocycles. The van der Waals surface area contributed by atoms with E-state index < -0.39 is 15.8 Å². The zero-order chi connectivity index (χ0) is 17.2. The Labute approximate surface area is 143 Å². The average molecular weight is 370 g/mol. The average Bonchev–Trinajstić information content (AvgIpc) is 3.08. The molecule has 0 aromatic heterocycles. The first-order valence-corrected chi connectivity index (χ1v) is 8.78. The highest BCUT2D eigenvalue weighted by Gasteiger charge is 2.16. The molecule has 2 N–H and O–H groups in total. The number of hydrogen-bond donors (Lipinski definition) is 2. The smallest absolute Gasteiger partial charge is 0.240 e. The maximum Gasteiger partial charge on any atom is 0.240 e. The van der Waals surface area contributed by atoms with E-state index in [0.29, 0.717) is 16.4 Å². The molecule has 0 radical (unpaired) electrons. The van der Waals surface area contributed by atoms with Crippen LogP contribution in [0.4, 0.5) is 4.39 Å². The molecule has 0 atom stereocenters. The molecule has 0 spiro atoms. The molecule has 2 aromatic rings. The van der Waals surface area contributed by atoms with Gasteiger partial charge in [0.05, 0.1) is 4.90 Å². The molecular weight excluding hydrogens is 357 g/mol. The van der Waals surface area contributed by atoms with Crippen molar-refractivity contribution >= 4 is 27.5 Å². The molecule has 0 unspecified atom stereocenters. The number of rotatable bonds is 5. The molecule has 9 heteroatoms. The normalized spacial score (nSPS) is 14.3. The van der Waals surface area contributed by atoms with Crippen molar-refractivity contribution in [1.82, 2.24) is 10.2 Å². The fourth-order valence-electron chi connectivity index (χ4n) is 2.09. The van der Waals surface area contributed by atoms with Gasteiger partial charge < -0.3 is 0 Å². The zero-order valence-electron chi connectivity index (χ0n) is 12.3. The van der Waals surface area contributed by atoms with E-state index in [1.54, 1.807) is 6.07 Å². The van der Waals surface area contributed by atoms with Crippen LogP contribution in [-0.2, 0) is 21.4 Å². The second-order valence-corrected chi connectivity index (χ2v) is 7.17. The number of nitrogens with one attached hydrogen (secondary N) is 2. The van der Waals surface area contributed by atoms with Gasteiger partial charge in [-0.05, 0) is 30.3 Å². The van der Waals surface area contributed by atoms with Crippen LogP contribution in [0.5, 0.6) is 0 Å². The summed E-state index contributed by atoms with van der Waals surface area (Å²) in [5, 5.41) is 0.433. The standard InChI is InChI=1S/C15H13ClFN3O3S/c16-12-3-5-13(6-4-12)24(21,22)19-8-11-2-1-10(7-14(11)17)15-18-9-23-20-15/h1-7,19H,8-9H2,(H,18,20). The van der Waals surface area contributed by atoms with Crippen molar-refractivity contribution in [2.75, 3.05) is 6.73 Å². The number of benzene rings is 2. The molecule has 126 valence electrons. The van der Waals surface area contributed by atoms with Crippen LogP contribution in [0.1, 0.15) is 11.1 Å². The van der Waals surface area contributed by atoms with Crippen molar-refractivity contribution in [3.63, 3.8) is 0 Å². The Morgan fingerprint density at radius 2 is 2.00 bits per heavy atom. The molecule has 3 rings (SSSR count).